The molecular weight excluding hydrogens is 280 g/mol. The van der Waals surface area contributed by atoms with Crippen LogP contribution in [0.3, 0.4) is 0 Å². The summed E-state index contributed by atoms with van der Waals surface area (Å²) in [6.45, 7) is 1.68. The Morgan fingerprint density at radius 2 is 2.18 bits per heavy atom. The number of pyridine rings is 1. The molecule has 3 rings (SSSR count). The zero-order valence-corrected chi connectivity index (χ0v) is 12.5. The van der Waals surface area contributed by atoms with E-state index in [1.807, 2.05) is 18.2 Å². The molecule has 0 saturated carbocycles. The summed E-state index contributed by atoms with van der Waals surface area (Å²) >= 11 is 0. The van der Waals surface area contributed by atoms with Crippen molar-refractivity contribution in [2.45, 2.75) is 31.9 Å². The Kier molecular flexibility index (Phi) is 4.53. The van der Waals surface area contributed by atoms with E-state index in [4.69, 9.17) is 4.74 Å². The number of carbonyl (C=O) groups is 1. The lowest BCUT2D eigenvalue weighted by Gasteiger charge is -2.12. The number of nitrogens with one attached hydrogen (secondary N) is 1. The molecule has 1 fully saturated rings. The molecule has 116 valence electrons. The monoisotopic (exact) mass is 300 g/mol. The van der Waals surface area contributed by atoms with Gasteiger partial charge in [-0.3, -0.25) is 9.59 Å². The third-order valence-electron chi connectivity index (χ3n) is 4.01. The molecule has 1 saturated heterocycles. The van der Waals surface area contributed by atoms with Crippen molar-refractivity contribution in [2.75, 3.05) is 13.2 Å². The molecule has 0 radical (unpaired) electrons. The van der Waals surface area contributed by atoms with E-state index in [0.29, 0.717) is 11.9 Å². The first-order valence-corrected chi connectivity index (χ1v) is 7.70. The van der Waals surface area contributed by atoms with Crippen LogP contribution in [0.5, 0.6) is 0 Å². The highest BCUT2D eigenvalue weighted by Gasteiger charge is 2.15. The smallest absolute Gasteiger partial charge is 0.239 e. The lowest BCUT2D eigenvalue weighted by Crippen LogP contribution is -2.30. The van der Waals surface area contributed by atoms with Crippen LogP contribution in [0.1, 0.15) is 19.3 Å². The minimum atomic E-state index is -0.0493. The van der Waals surface area contributed by atoms with Crippen LogP contribution in [0.15, 0.2) is 41.3 Å². The first-order chi connectivity index (χ1) is 10.7. The zero-order chi connectivity index (χ0) is 15.4. The molecule has 1 aromatic carbocycles. The van der Waals surface area contributed by atoms with Crippen molar-refractivity contribution < 1.29 is 9.53 Å². The summed E-state index contributed by atoms with van der Waals surface area (Å²) in [6.07, 6.45) is 5.01. The van der Waals surface area contributed by atoms with Crippen LogP contribution in [0.25, 0.3) is 10.9 Å². The van der Waals surface area contributed by atoms with Crippen LogP contribution in [0.4, 0.5) is 0 Å². The largest absolute Gasteiger partial charge is 0.378 e. The Morgan fingerprint density at radius 1 is 1.32 bits per heavy atom. The van der Waals surface area contributed by atoms with Gasteiger partial charge >= 0.3 is 0 Å². The van der Waals surface area contributed by atoms with Crippen LogP contribution in [-0.4, -0.2) is 29.7 Å². The van der Waals surface area contributed by atoms with E-state index in [0.717, 1.165) is 31.4 Å². The van der Waals surface area contributed by atoms with Crippen LogP contribution in [-0.2, 0) is 16.1 Å². The minimum absolute atomic E-state index is 0.0226. The molecule has 1 atom stereocenters. The van der Waals surface area contributed by atoms with E-state index in [1.54, 1.807) is 16.8 Å². The fourth-order valence-corrected chi connectivity index (χ4v) is 2.85. The number of rotatable bonds is 5. The van der Waals surface area contributed by atoms with Gasteiger partial charge in [0.25, 0.3) is 0 Å². The average Bonchev–Trinajstić information content (AvgIpc) is 3.04. The van der Waals surface area contributed by atoms with E-state index in [9.17, 15) is 9.59 Å². The molecule has 1 aliphatic rings. The van der Waals surface area contributed by atoms with Crippen molar-refractivity contribution in [1.29, 1.82) is 0 Å². The minimum Gasteiger partial charge on any atom is -0.378 e. The first-order valence-electron chi connectivity index (χ1n) is 7.70. The second-order valence-corrected chi connectivity index (χ2v) is 5.60. The number of hydrogen-bond acceptors (Lipinski definition) is 3. The number of carbonyl (C=O) groups excluding carboxylic acids is 1. The number of fused-ring (bicyclic) bond motifs is 1. The van der Waals surface area contributed by atoms with E-state index in [-0.39, 0.29) is 24.0 Å². The van der Waals surface area contributed by atoms with E-state index < -0.39 is 0 Å². The fourth-order valence-electron chi connectivity index (χ4n) is 2.85. The molecule has 1 N–H and O–H groups in total. The number of para-hydroxylation sites is 1. The third kappa shape index (κ3) is 3.36. The standard InChI is InChI=1S/C17H20N2O3/c20-16-8-10-19(15-6-2-1-5-14(15)16)12-17(21)18-9-7-13-4-3-11-22-13/h1-2,5-6,8,10,13H,3-4,7,9,11-12H2,(H,18,21). The quantitative estimate of drug-likeness (QED) is 0.914. The van der Waals surface area contributed by atoms with Crippen molar-refractivity contribution in [2.24, 2.45) is 0 Å². The van der Waals surface area contributed by atoms with Gasteiger partial charge < -0.3 is 14.6 Å². The summed E-state index contributed by atoms with van der Waals surface area (Å²) in [5.41, 5.74) is 0.759. The van der Waals surface area contributed by atoms with Gasteiger partial charge in [-0.25, -0.2) is 0 Å². The SMILES string of the molecule is O=C(Cn1ccc(=O)c2ccccc21)NCCC1CCCO1. The fraction of sp³-hybridized carbons (Fsp3) is 0.412. The molecule has 1 amide bonds. The maximum atomic E-state index is 12.1. The highest BCUT2D eigenvalue weighted by molar-refractivity contribution is 5.82. The van der Waals surface area contributed by atoms with Crippen molar-refractivity contribution in [3.8, 4) is 0 Å². The van der Waals surface area contributed by atoms with Gasteiger partial charge in [0.05, 0.1) is 11.6 Å². The number of nitrogens with zero attached hydrogens (tertiary/aromatic N) is 1. The van der Waals surface area contributed by atoms with Gasteiger partial charge in [-0.1, -0.05) is 12.1 Å². The molecule has 0 aliphatic carbocycles. The van der Waals surface area contributed by atoms with Gasteiger partial charge in [0.15, 0.2) is 5.43 Å². The molecule has 5 heteroatoms. The first kappa shape index (κ1) is 14.8. The van der Waals surface area contributed by atoms with Gasteiger partial charge in [0.1, 0.15) is 6.54 Å². The van der Waals surface area contributed by atoms with Crippen molar-refractivity contribution >= 4 is 16.8 Å². The summed E-state index contributed by atoms with van der Waals surface area (Å²) in [4.78, 5) is 23.9. The lowest BCUT2D eigenvalue weighted by molar-refractivity contribution is -0.121. The van der Waals surface area contributed by atoms with Gasteiger partial charge in [0, 0.05) is 30.8 Å². The number of ether oxygens (including phenoxy) is 1. The van der Waals surface area contributed by atoms with Crippen molar-refractivity contribution in [1.82, 2.24) is 9.88 Å². The van der Waals surface area contributed by atoms with Crippen molar-refractivity contribution in [3.05, 3.63) is 46.8 Å². The molecule has 2 aromatic rings. The third-order valence-corrected chi connectivity index (χ3v) is 4.01. The van der Waals surface area contributed by atoms with E-state index in [1.165, 1.54) is 6.07 Å². The number of amides is 1. The highest BCUT2D eigenvalue weighted by Crippen LogP contribution is 2.14. The second-order valence-electron chi connectivity index (χ2n) is 5.60. The van der Waals surface area contributed by atoms with Gasteiger partial charge in [0.2, 0.25) is 5.91 Å². The molecule has 1 aliphatic heterocycles. The Bertz CT molecular complexity index is 717. The van der Waals surface area contributed by atoms with E-state index in [2.05, 4.69) is 5.32 Å². The zero-order valence-electron chi connectivity index (χ0n) is 12.5. The number of hydrogen-bond donors (Lipinski definition) is 1. The van der Waals surface area contributed by atoms with Gasteiger partial charge in [-0.15, -0.1) is 0 Å². The number of benzene rings is 1. The summed E-state index contributed by atoms with van der Waals surface area (Å²) in [5.74, 6) is -0.0493. The maximum absolute atomic E-state index is 12.1. The summed E-state index contributed by atoms with van der Waals surface area (Å²) in [5, 5.41) is 3.56. The maximum Gasteiger partial charge on any atom is 0.239 e. The van der Waals surface area contributed by atoms with Crippen LogP contribution in [0.2, 0.25) is 0 Å². The normalized spacial score (nSPS) is 17.7. The predicted molar refractivity (Wildman–Crippen MR) is 84.8 cm³/mol. The lowest BCUT2D eigenvalue weighted by atomic mass is 10.2. The Morgan fingerprint density at radius 3 is 3.00 bits per heavy atom. The second kappa shape index (κ2) is 6.75. The Balaban J connectivity index is 1.61. The van der Waals surface area contributed by atoms with Gasteiger partial charge in [-0.05, 0) is 31.4 Å². The van der Waals surface area contributed by atoms with E-state index >= 15 is 0 Å². The number of aromatic nitrogens is 1. The molecule has 5 nitrogen and oxygen atoms in total. The molecule has 22 heavy (non-hydrogen) atoms. The Hall–Kier alpha value is -2.14. The summed E-state index contributed by atoms with van der Waals surface area (Å²) < 4.78 is 7.34. The van der Waals surface area contributed by atoms with Crippen LogP contribution < -0.4 is 10.7 Å². The molecular formula is C17H20N2O3. The highest BCUT2D eigenvalue weighted by atomic mass is 16.5. The topological polar surface area (TPSA) is 60.3 Å². The molecule has 2 heterocycles. The molecule has 1 unspecified atom stereocenters. The molecule has 0 bridgehead atoms. The van der Waals surface area contributed by atoms with Crippen molar-refractivity contribution in [3.63, 3.8) is 0 Å². The van der Waals surface area contributed by atoms with Crippen LogP contribution in [0, 0.1) is 0 Å². The van der Waals surface area contributed by atoms with Crippen LogP contribution >= 0.6 is 0 Å². The predicted octanol–water partition coefficient (Wildman–Crippen LogP) is 1.69. The summed E-state index contributed by atoms with van der Waals surface area (Å²) in [6, 6.07) is 8.84. The molecule has 1 aromatic heterocycles. The molecule has 0 spiro atoms. The average molecular weight is 300 g/mol. The van der Waals surface area contributed by atoms with Gasteiger partial charge in [-0.2, -0.15) is 0 Å². The Labute approximate surface area is 128 Å². The summed E-state index contributed by atoms with van der Waals surface area (Å²) in [7, 11) is 0.